The van der Waals surface area contributed by atoms with Crippen molar-refractivity contribution in [2.75, 3.05) is 0 Å². The molecule has 0 spiro atoms. The minimum Gasteiger partial charge on any atom is -0.439 e. The van der Waals surface area contributed by atoms with Gasteiger partial charge in [-0.1, -0.05) is 31.4 Å². The lowest BCUT2D eigenvalue weighted by atomic mass is 9.99. The maximum absolute atomic E-state index is 10.1. The van der Waals surface area contributed by atoms with Crippen LogP contribution in [0.25, 0.3) is 0 Å². The van der Waals surface area contributed by atoms with Crippen LogP contribution in [0.4, 0.5) is 0 Å². The van der Waals surface area contributed by atoms with Crippen molar-refractivity contribution in [1.29, 1.82) is 0 Å². The Morgan fingerprint density at radius 2 is 2.00 bits per heavy atom. The number of nitrogens with zero attached hydrogens (tertiary/aromatic N) is 1. The first-order valence-corrected chi connectivity index (χ1v) is 8.54. The first-order valence-electron chi connectivity index (χ1n) is 8.54. The van der Waals surface area contributed by atoms with E-state index in [0.29, 0.717) is 28.7 Å². The second kappa shape index (κ2) is 8.06. The van der Waals surface area contributed by atoms with Crippen LogP contribution >= 0.6 is 0 Å². The van der Waals surface area contributed by atoms with E-state index in [-0.39, 0.29) is 6.04 Å². The molecule has 0 radical (unpaired) electrons. The lowest BCUT2D eigenvalue weighted by Crippen LogP contribution is -2.44. The van der Waals surface area contributed by atoms with Crippen LogP contribution in [0.1, 0.15) is 27.7 Å². The van der Waals surface area contributed by atoms with Gasteiger partial charge in [-0.15, -0.1) is 0 Å². The molecule has 5 nitrogen and oxygen atoms in total. The molecule has 1 aromatic rings. The fourth-order valence-electron chi connectivity index (χ4n) is 2.20. The summed E-state index contributed by atoms with van der Waals surface area (Å²) in [6, 6.07) is 9.29. The summed E-state index contributed by atoms with van der Waals surface area (Å²) in [4.78, 5) is 4.60. The Kier molecular flexibility index (Phi) is 6.05. The van der Waals surface area contributed by atoms with Crippen molar-refractivity contribution < 1.29 is 9.84 Å². The van der Waals surface area contributed by atoms with Crippen molar-refractivity contribution in [3.63, 3.8) is 0 Å². The molecule has 0 fully saturated rings. The van der Waals surface area contributed by atoms with E-state index in [1.807, 2.05) is 44.2 Å². The zero-order valence-corrected chi connectivity index (χ0v) is 15.8. The fourth-order valence-corrected chi connectivity index (χ4v) is 2.20. The Morgan fingerprint density at radius 1 is 1.35 bits per heavy atom. The first kappa shape index (κ1) is 19.5. The standard InChI is InChI=1S/C21H27N3O2/c1-7-19(26-17-11-9-8-10-12-17)24-20-15(3)22-13-18(20)14(2)23-16(4)21(5,6)25/h7-13,16,22-23,25H,2-3H2,1,4-6H3/b19-7+,24-20?/t16-/m1/s1. The van der Waals surface area contributed by atoms with E-state index in [1.54, 1.807) is 26.1 Å². The zero-order valence-electron chi connectivity index (χ0n) is 15.8. The van der Waals surface area contributed by atoms with Gasteiger partial charge in [-0.05, 0) is 45.9 Å². The highest BCUT2D eigenvalue weighted by molar-refractivity contribution is 6.16. The summed E-state index contributed by atoms with van der Waals surface area (Å²) < 4.78 is 5.82. The second-order valence-electron chi connectivity index (χ2n) is 6.68. The van der Waals surface area contributed by atoms with E-state index >= 15 is 0 Å². The van der Waals surface area contributed by atoms with Crippen molar-refractivity contribution in [2.24, 2.45) is 4.99 Å². The maximum Gasteiger partial charge on any atom is 0.215 e. The third-order valence-electron chi connectivity index (χ3n) is 4.14. The minimum absolute atomic E-state index is 0.187. The molecule has 1 aromatic carbocycles. The smallest absolute Gasteiger partial charge is 0.215 e. The molecule has 0 bridgehead atoms. The van der Waals surface area contributed by atoms with Gasteiger partial charge in [-0.2, -0.15) is 0 Å². The van der Waals surface area contributed by atoms with Gasteiger partial charge in [-0.3, -0.25) is 0 Å². The Bertz CT molecular complexity index is 768. The molecule has 1 aliphatic heterocycles. The van der Waals surface area contributed by atoms with Crippen molar-refractivity contribution >= 4 is 5.71 Å². The summed E-state index contributed by atoms with van der Waals surface area (Å²) in [5.74, 6) is 1.17. The zero-order chi connectivity index (χ0) is 19.3. The summed E-state index contributed by atoms with van der Waals surface area (Å²) in [5.41, 5.74) is 1.86. The van der Waals surface area contributed by atoms with Crippen LogP contribution in [0.5, 0.6) is 5.75 Å². The molecule has 1 heterocycles. The third kappa shape index (κ3) is 4.86. The van der Waals surface area contributed by atoms with E-state index in [2.05, 4.69) is 28.8 Å². The molecule has 0 aliphatic carbocycles. The lowest BCUT2D eigenvalue weighted by Gasteiger charge is -2.28. The Hall–Kier alpha value is -2.79. The Morgan fingerprint density at radius 3 is 2.58 bits per heavy atom. The fraction of sp³-hybridized carbons (Fsp3) is 0.286. The number of para-hydroxylation sites is 1. The van der Waals surface area contributed by atoms with Crippen LogP contribution in [0.3, 0.4) is 0 Å². The SMILES string of the molecule is C=C(N[C@H](C)C(C)(C)O)C1=CNC(=C)C1=N/C(=C\C)Oc1ccccc1. The van der Waals surface area contributed by atoms with Crippen molar-refractivity contribution in [3.8, 4) is 5.75 Å². The molecule has 0 amide bonds. The quantitative estimate of drug-likeness (QED) is 0.655. The third-order valence-corrected chi connectivity index (χ3v) is 4.14. The summed E-state index contributed by atoms with van der Waals surface area (Å²) in [6.07, 6.45) is 3.59. The van der Waals surface area contributed by atoms with Crippen LogP contribution < -0.4 is 15.4 Å². The molecule has 1 atom stereocenters. The number of allylic oxidation sites excluding steroid dienone is 3. The molecule has 26 heavy (non-hydrogen) atoms. The summed E-state index contributed by atoms with van der Waals surface area (Å²) >= 11 is 0. The number of benzene rings is 1. The van der Waals surface area contributed by atoms with Gasteiger partial charge in [0.15, 0.2) is 0 Å². The van der Waals surface area contributed by atoms with Crippen molar-refractivity contribution in [2.45, 2.75) is 39.3 Å². The molecular formula is C21H27N3O2. The summed E-state index contributed by atoms with van der Waals surface area (Å²) in [6.45, 7) is 15.3. The second-order valence-corrected chi connectivity index (χ2v) is 6.68. The van der Waals surface area contributed by atoms with Gasteiger partial charge in [0.1, 0.15) is 11.5 Å². The minimum atomic E-state index is -0.880. The molecule has 138 valence electrons. The Balaban J connectivity index is 2.20. The predicted molar refractivity (Wildman–Crippen MR) is 107 cm³/mol. The average molecular weight is 353 g/mol. The molecule has 0 saturated heterocycles. The summed E-state index contributed by atoms with van der Waals surface area (Å²) in [5, 5.41) is 16.4. The molecule has 0 aromatic heterocycles. The van der Waals surface area contributed by atoms with Gasteiger partial charge in [0.2, 0.25) is 5.88 Å². The molecule has 0 saturated carbocycles. The first-order chi connectivity index (χ1) is 12.2. The number of aliphatic hydroxyl groups is 1. The van der Waals surface area contributed by atoms with Gasteiger partial charge < -0.3 is 20.5 Å². The highest BCUT2D eigenvalue weighted by Gasteiger charge is 2.26. The topological polar surface area (TPSA) is 65.9 Å². The van der Waals surface area contributed by atoms with Crippen LogP contribution in [-0.2, 0) is 0 Å². The number of rotatable bonds is 7. The van der Waals surface area contributed by atoms with E-state index in [4.69, 9.17) is 4.74 Å². The number of aliphatic imine (C=N–C) groups is 1. The summed E-state index contributed by atoms with van der Waals surface area (Å²) in [7, 11) is 0. The normalized spacial score (nSPS) is 17.6. The number of nitrogens with one attached hydrogen (secondary N) is 2. The van der Waals surface area contributed by atoms with Gasteiger partial charge >= 0.3 is 0 Å². The molecule has 1 aliphatic rings. The predicted octanol–water partition coefficient (Wildman–Crippen LogP) is 3.63. The molecule has 3 N–H and O–H groups in total. The van der Waals surface area contributed by atoms with Gasteiger partial charge in [0.25, 0.3) is 0 Å². The average Bonchev–Trinajstić information content (AvgIpc) is 2.95. The van der Waals surface area contributed by atoms with Gasteiger partial charge in [0.05, 0.1) is 17.3 Å². The van der Waals surface area contributed by atoms with Crippen molar-refractivity contribution in [3.05, 3.63) is 78.6 Å². The molecule has 5 heteroatoms. The number of hydrogen-bond acceptors (Lipinski definition) is 5. The molecule has 0 unspecified atom stereocenters. The van der Waals surface area contributed by atoms with E-state index in [9.17, 15) is 5.11 Å². The largest absolute Gasteiger partial charge is 0.439 e. The number of ether oxygens (including phenoxy) is 1. The molecular weight excluding hydrogens is 326 g/mol. The molecule has 2 rings (SSSR count). The lowest BCUT2D eigenvalue weighted by molar-refractivity contribution is 0.0483. The highest BCUT2D eigenvalue weighted by atomic mass is 16.5. The number of hydrogen-bond donors (Lipinski definition) is 3. The van der Waals surface area contributed by atoms with Crippen molar-refractivity contribution in [1.82, 2.24) is 10.6 Å². The van der Waals surface area contributed by atoms with Gasteiger partial charge in [-0.25, -0.2) is 4.99 Å². The maximum atomic E-state index is 10.1. The highest BCUT2D eigenvalue weighted by Crippen LogP contribution is 2.22. The van der Waals surface area contributed by atoms with E-state index < -0.39 is 5.60 Å². The van der Waals surface area contributed by atoms with Crippen LogP contribution in [-0.4, -0.2) is 22.5 Å². The van der Waals surface area contributed by atoms with Crippen LogP contribution in [0, 0.1) is 0 Å². The van der Waals surface area contributed by atoms with Crippen LogP contribution in [0.15, 0.2) is 83.6 Å². The Labute approximate surface area is 155 Å². The van der Waals surface area contributed by atoms with E-state index in [1.165, 1.54) is 0 Å². The van der Waals surface area contributed by atoms with Crippen LogP contribution in [0.2, 0.25) is 0 Å². The van der Waals surface area contributed by atoms with Gasteiger partial charge in [0, 0.05) is 17.5 Å². The van der Waals surface area contributed by atoms with E-state index in [0.717, 1.165) is 5.57 Å². The monoisotopic (exact) mass is 353 g/mol.